The second kappa shape index (κ2) is 5.39. The van der Waals surface area contributed by atoms with E-state index in [1.165, 1.54) is 5.56 Å². The largest absolute Gasteiger partial charge is 0.409 e. The predicted molar refractivity (Wildman–Crippen MR) is 76.0 cm³/mol. The van der Waals surface area contributed by atoms with Crippen molar-refractivity contribution in [3.05, 3.63) is 53.7 Å². The third kappa shape index (κ3) is 2.82. The van der Waals surface area contributed by atoms with Gasteiger partial charge < -0.3 is 15.8 Å². The summed E-state index contributed by atoms with van der Waals surface area (Å²) >= 11 is 0. The Balaban J connectivity index is 2.27. The Morgan fingerprint density at radius 2 is 2.11 bits per heavy atom. The molecule has 0 atom stereocenters. The van der Waals surface area contributed by atoms with Crippen LogP contribution in [-0.2, 0) is 0 Å². The van der Waals surface area contributed by atoms with Crippen molar-refractivity contribution in [2.45, 2.75) is 6.92 Å². The lowest BCUT2D eigenvalue weighted by molar-refractivity contribution is 0.318. The van der Waals surface area contributed by atoms with Crippen molar-refractivity contribution in [2.75, 3.05) is 11.9 Å². The minimum atomic E-state index is 0.0530. The minimum Gasteiger partial charge on any atom is -0.409 e. The Kier molecular flexibility index (Phi) is 3.66. The maximum atomic E-state index is 8.60. The van der Waals surface area contributed by atoms with Gasteiger partial charge in [0.05, 0.1) is 0 Å². The summed E-state index contributed by atoms with van der Waals surface area (Å²) in [6, 6.07) is 11.8. The number of aromatic nitrogens is 1. The van der Waals surface area contributed by atoms with E-state index in [1.807, 2.05) is 43.1 Å². The molecule has 5 nitrogen and oxygen atoms in total. The maximum Gasteiger partial charge on any atom is 0.171 e. The molecule has 1 aromatic heterocycles. The van der Waals surface area contributed by atoms with Gasteiger partial charge in [-0.25, -0.2) is 4.98 Å². The molecule has 5 heteroatoms. The summed E-state index contributed by atoms with van der Waals surface area (Å²) in [6.07, 6.45) is 1.58. The molecule has 0 amide bonds. The van der Waals surface area contributed by atoms with E-state index in [0.29, 0.717) is 5.56 Å². The van der Waals surface area contributed by atoms with Crippen LogP contribution in [0.15, 0.2) is 47.8 Å². The van der Waals surface area contributed by atoms with Crippen molar-refractivity contribution < 1.29 is 5.21 Å². The van der Waals surface area contributed by atoms with Crippen LogP contribution in [0.3, 0.4) is 0 Å². The van der Waals surface area contributed by atoms with Crippen molar-refractivity contribution in [1.29, 1.82) is 0 Å². The zero-order chi connectivity index (χ0) is 13.8. The Morgan fingerprint density at radius 1 is 1.32 bits per heavy atom. The Labute approximate surface area is 112 Å². The van der Waals surface area contributed by atoms with E-state index in [1.54, 1.807) is 12.3 Å². The van der Waals surface area contributed by atoms with Gasteiger partial charge in [0, 0.05) is 24.5 Å². The van der Waals surface area contributed by atoms with E-state index >= 15 is 0 Å². The number of aryl methyl sites for hydroxylation is 1. The molecule has 0 unspecified atom stereocenters. The van der Waals surface area contributed by atoms with Gasteiger partial charge in [-0.1, -0.05) is 17.3 Å². The zero-order valence-electron chi connectivity index (χ0n) is 10.9. The molecule has 1 aromatic carbocycles. The number of nitrogens with two attached hydrogens (primary N) is 1. The molecule has 2 rings (SSSR count). The molecule has 1 heterocycles. The summed E-state index contributed by atoms with van der Waals surface area (Å²) in [5, 5.41) is 11.5. The molecule has 0 saturated carbocycles. The van der Waals surface area contributed by atoms with Crippen LogP contribution in [-0.4, -0.2) is 23.1 Å². The van der Waals surface area contributed by atoms with Crippen LogP contribution < -0.4 is 10.6 Å². The number of pyridine rings is 1. The number of amidine groups is 1. The van der Waals surface area contributed by atoms with Crippen molar-refractivity contribution in [1.82, 2.24) is 4.98 Å². The molecule has 3 N–H and O–H groups in total. The van der Waals surface area contributed by atoms with E-state index in [2.05, 4.69) is 16.2 Å². The van der Waals surface area contributed by atoms with E-state index in [-0.39, 0.29) is 5.84 Å². The van der Waals surface area contributed by atoms with Crippen LogP contribution in [0.1, 0.15) is 11.1 Å². The second-order valence-electron chi connectivity index (χ2n) is 4.29. The smallest absolute Gasteiger partial charge is 0.171 e. The quantitative estimate of drug-likeness (QED) is 0.382. The first-order valence-electron chi connectivity index (χ1n) is 5.86. The topological polar surface area (TPSA) is 74.7 Å². The number of hydrogen-bond acceptors (Lipinski definition) is 4. The van der Waals surface area contributed by atoms with E-state index in [4.69, 9.17) is 10.9 Å². The molecule has 0 spiro atoms. The van der Waals surface area contributed by atoms with E-state index in [9.17, 15) is 0 Å². The van der Waals surface area contributed by atoms with Crippen LogP contribution in [0.25, 0.3) is 0 Å². The number of benzene rings is 1. The zero-order valence-corrected chi connectivity index (χ0v) is 10.9. The standard InChI is InChI=1S/C14H16N4O/c1-10-4-3-5-12(8-10)18(2)13-7-6-11(9-16-13)14(15)17-19/h3-9,19H,1-2H3,(H2,15,17). The number of nitrogens with zero attached hydrogens (tertiary/aromatic N) is 3. The number of oxime groups is 1. The molecule has 0 aliphatic heterocycles. The number of anilines is 2. The lowest BCUT2D eigenvalue weighted by Crippen LogP contribution is -2.15. The number of hydrogen-bond donors (Lipinski definition) is 2. The highest BCUT2D eigenvalue weighted by molar-refractivity contribution is 5.96. The fourth-order valence-electron chi connectivity index (χ4n) is 1.76. The van der Waals surface area contributed by atoms with Gasteiger partial charge in [0.1, 0.15) is 5.82 Å². The van der Waals surface area contributed by atoms with E-state index in [0.717, 1.165) is 11.5 Å². The molecule has 0 fully saturated rings. The van der Waals surface area contributed by atoms with Crippen molar-refractivity contribution in [2.24, 2.45) is 10.9 Å². The van der Waals surface area contributed by atoms with Gasteiger partial charge in [-0.2, -0.15) is 0 Å². The Bertz CT molecular complexity index is 593. The van der Waals surface area contributed by atoms with Gasteiger partial charge in [-0.15, -0.1) is 0 Å². The lowest BCUT2D eigenvalue weighted by atomic mass is 10.2. The van der Waals surface area contributed by atoms with Gasteiger partial charge >= 0.3 is 0 Å². The summed E-state index contributed by atoms with van der Waals surface area (Å²) in [5.41, 5.74) is 8.34. The summed E-state index contributed by atoms with van der Waals surface area (Å²) in [4.78, 5) is 6.28. The molecule has 0 radical (unpaired) electrons. The highest BCUT2D eigenvalue weighted by Gasteiger charge is 2.06. The lowest BCUT2D eigenvalue weighted by Gasteiger charge is -2.18. The van der Waals surface area contributed by atoms with Crippen LogP contribution in [0.4, 0.5) is 11.5 Å². The Hall–Kier alpha value is -2.56. The highest BCUT2D eigenvalue weighted by atomic mass is 16.4. The summed E-state index contributed by atoms with van der Waals surface area (Å²) in [6.45, 7) is 2.05. The van der Waals surface area contributed by atoms with Gasteiger partial charge in [0.2, 0.25) is 0 Å². The molecule has 0 aliphatic carbocycles. The molecule has 0 saturated heterocycles. The average Bonchev–Trinajstić information content (AvgIpc) is 2.46. The van der Waals surface area contributed by atoms with Crippen LogP contribution in [0.5, 0.6) is 0 Å². The maximum absolute atomic E-state index is 8.60. The first kappa shape index (κ1) is 12.9. The fourth-order valence-corrected chi connectivity index (χ4v) is 1.76. The molecule has 2 aromatic rings. The fraction of sp³-hybridized carbons (Fsp3) is 0.143. The molecular weight excluding hydrogens is 240 g/mol. The number of rotatable bonds is 3. The van der Waals surface area contributed by atoms with Crippen molar-refractivity contribution in [3.63, 3.8) is 0 Å². The van der Waals surface area contributed by atoms with Gasteiger partial charge in [-0.05, 0) is 36.8 Å². The van der Waals surface area contributed by atoms with E-state index < -0.39 is 0 Å². The van der Waals surface area contributed by atoms with Crippen LogP contribution in [0, 0.1) is 6.92 Å². The second-order valence-corrected chi connectivity index (χ2v) is 4.29. The third-order valence-electron chi connectivity index (χ3n) is 2.88. The molecule has 98 valence electrons. The van der Waals surface area contributed by atoms with Crippen LogP contribution >= 0.6 is 0 Å². The van der Waals surface area contributed by atoms with Gasteiger partial charge in [0.25, 0.3) is 0 Å². The first-order chi connectivity index (χ1) is 9.11. The summed E-state index contributed by atoms with van der Waals surface area (Å²) < 4.78 is 0. The van der Waals surface area contributed by atoms with Gasteiger partial charge in [0.15, 0.2) is 5.84 Å². The average molecular weight is 256 g/mol. The minimum absolute atomic E-state index is 0.0530. The highest BCUT2D eigenvalue weighted by Crippen LogP contribution is 2.22. The first-order valence-corrected chi connectivity index (χ1v) is 5.86. The van der Waals surface area contributed by atoms with Crippen molar-refractivity contribution in [3.8, 4) is 0 Å². The molecule has 19 heavy (non-hydrogen) atoms. The van der Waals surface area contributed by atoms with Gasteiger partial charge in [-0.3, -0.25) is 0 Å². The SMILES string of the molecule is Cc1cccc(N(C)c2ccc(C(N)=NO)cn2)c1. The molecular formula is C14H16N4O. The van der Waals surface area contributed by atoms with Crippen LogP contribution in [0.2, 0.25) is 0 Å². The van der Waals surface area contributed by atoms with Crippen molar-refractivity contribution >= 4 is 17.3 Å². The molecule has 0 bridgehead atoms. The Morgan fingerprint density at radius 3 is 2.68 bits per heavy atom. The third-order valence-corrected chi connectivity index (χ3v) is 2.88. The summed E-state index contributed by atoms with van der Waals surface area (Å²) in [5.74, 6) is 0.845. The predicted octanol–water partition coefficient (Wildman–Crippen LogP) is 2.25. The monoisotopic (exact) mass is 256 g/mol. The normalized spacial score (nSPS) is 11.4. The summed E-state index contributed by atoms with van der Waals surface area (Å²) in [7, 11) is 1.94. The molecule has 0 aliphatic rings.